The molecule has 0 bridgehead atoms. The second-order valence-electron chi connectivity index (χ2n) is 1.90. The lowest BCUT2D eigenvalue weighted by atomic mass is 10.3. The van der Waals surface area contributed by atoms with E-state index in [2.05, 4.69) is 9.58 Å². The van der Waals surface area contributed by atoms with Crippen LogP contribution in [0.15, 0.2) is 18.2 Å². The monoisotopic (exact) mass is 151 g/mol. The highest BCUT2D eigenvalue weighted by Gasteiger charge is 2.06. The quantitative estimate of drug-likeness (QED) is 0.562. The summed E-state index contributed by atoms with van der Waals surface area (Å²) >= 11 is 0. The normalized spacial score (nSPS) is 8.82. The van der Waals surface area contributed by atoms with E-state index in [9.17, 15) is 4.39 Å². The molecule has 0 fully saturated rings. The summed E-state index contributed by atoms with van der Waals surface area (Å²) in [6.45, 7) is 6.66. The molecule has 0 N–H and O–H groups in total. The highest BCUT2D eigenvalue weighted by molar-refractivity contribution is 5.57. The van der Waals surface area contributed by atoms with Crippen molar-refractivity contribution in [3.8, 4) is 5.75 Å². The van der Waals surface area contributed by atoms with E-state index in [1.807, 2.05) is 0 Å². The number of para-hydroxylation sites is 1. The molecule has 2 nitrogen and oxygen atoms in total. The predicted octanol–water partition coefficient (Wildman–Crippen LogP) is 2.39. The molecular weight excluding hydrogens is 145 g/mol. The molecule has 0 radical (unpaired) electrons. The van der Waals surface area contributed by atoms with Crippen molar-refractivity contribution >= 4 is 5.69 Å². The molecule has 1 aromatic rings. The zero-order valence-corrected chi connectivity index (χ0v) is 5.97. The van der Waals surface area contributed by atoms with Crippen LogP contribution >= 0.6 is 0 Å². The Balaban J connectivity index is 3.27. The van der Waals surface area contributed by atoms with Gasteiger partial charge in [-0.15, -0.1) is 0 Å². The van der Waals surface area contributed by atoms with Crippen LogP contribution in [0.2, 0.25) is 0 Å². The van der Waals surface area contributed by atoms with Crippen molar-refractivity contribution in [2.75, 3.05) is 7.11 Å². The molecule has 0 aromatic heterocycles. The van der Waals surface area contributed by atoms with Crippen LogP contribution in [-0.4, -0.2) is 7.11 Å². The Kier molecular flexibility index (Phi) is 2.07. The molecule has 0 saturated carbocycles. The van der Waals surface area contributed by atoms with Gasteiger partial charge in [-0.05, 0) is 6.07 Å². The first-order chi connectivity index (χ1) is 5.29. The van der Waals surface area contributed by atoms with E-state index in [0.29, 0.717) is 0 Å². The Morgan fingerprint density at radius 1 is 1.55 bits per heavy atom. The van der Waals surface area contributed by atoms with Crippen LogP contribution in [-0.2, 0) is 0 Å². The third-order valence-corrected chi connectivity index (χ3v) is 1.27. The van der Waals surface area contributed by atoms with E-state index in [0.717, 1.165) is 0 Å². The summed E-state index contributed by atoms with van der Waals surface area (Å²) < 4.78 is 17.4. The largest absolute Gasteiger partial charge is 0.505 e. The highest BCUT2D eigenvalue weighted by atomic mass is 19.1. The van der Waals surface area contributed by atoms with Gasteiger partial charge in [-0.3, -0.25) is 0 Å². The fraction of sp³-hybridized carbons (Fsp3) is 0.125. The van der Waals surface area contributed by atoms with Crippen molar-refractivity contribution in [1.29, 1.82) is 0 Å². The second-order valence-corrected chi connectivity index (χ2v) is 1.90. The Labute approximate surface area is 64.0 Å². The lowest BCUT2D eigenvalue weighted by Crippen LogP contribution is -1.86. The Hall–Kier alpha value is -1.56. The number of rotatable bonds is 1. The van der Waals surface area contributed by atoms with E-state index >= 15 is 0 Å². The third-order valence-electron chi connectivity index (χ3n) is 1.27. The lowest BCUT2D eigenvalue weighted by Gasteiger charge is -2.01. The minimum Gasteiger partial charge on any atom is -0.505 e. The summed E-state index contributed by atoms with van der Waals surface area (Å²) in [5.74, 6) is -0.483. The average molecular weight is 151 g/mol. The molecule has 0 aliphatic heterocycles. The summed E-state index contributed by atoms with van der Waals surface area (Å²) in [4.78, 5) is 3.09. The average Bonchev–Trinajstić information content (AvgIpc) is 2.04. The third kappa shape index (κ3) is 1.30. The van der Waals surface area contributed by atoms with E-state index in [4.69, 9.17) is 6.57 Å². The molecule has 0 amide bonds. The van der Waals surface area contributed by atoms with Crippen LogP contribution < -0.4 is 4.74 Å². The van der Waals surface area contributed by atoms with Gasteiger partial charge in [0.1, 0.15) is 0 Å². The van der Waals surface area contributed by atoms with Gasteiger partial charge in [0, 0.05) is 0 Å². The predicted molar refractivity (Wildman–Crippen MR) is 39.2 cm³/mol. The van der Waals surface area contributed by atoms with Crippen LogP contribution in [0.3, 0.4) is 0 Å². The molecule has 11 heavy (non-hydrogen) atoms. The van der Waals surface area contributed by atoms with Gasteiger partial charge in [-0.25, -0.2) is 9.24 Å². The molecular formula is C8H6FNO. The van der Waals surface area contributed by atoms with Crippen molar-refractivity contribution in [2.45, 2.75) is 0 Å². The summed E-state index contributed by atoms with van der Waals surface area (Å²) in [6.07, 6.45) is 0. The molecule has 0 aliphatic rings. The maximum absolute atomic E-state index is 12.8. The first kappa shape index (κ1) is 7.55. The minimum atomic E-state index is -0.499. The van der Waals surface area contributed by atoms with Crippen LogP contribution in [0.1, 0.15) is 0 Å². The number of hydrogen-bond donors (Lipinski definition) is 0. The fourth-order valence-corrected chi connectivity index (χ4v) is 0.788. The summed E-state index contributed by atoms with van der Waals surface area (Å²) in [6, 6.07) is 4.24. The molecule has 56 valence electrons. The number of methoxy groups -OCH3 is 1. The van der Waals surface area contributed by atoms with Crippen molar-refractivity contribution in [2.24, 2.45) is 0 Å². The molecule has 1 aromatic carbocycles. The number of nitrogens with zero attached hydrogens (tertiary/aromatic N) is 1. The summed E-state index contributed by atoms with van der Waals surface area (Å²) in [7, 11) is 1.34. The van der Waals surface area contributed by atoms with Gasteiger partial charge in [-0.1, -0.05) is 12.1 Å². The molecule has 0 saturated heterocycles. The molecule has 0 atom stereocenters. The standard InChI is InChI=1S/C8H6FNO/c1-10-7-5-3-4-6(9)8(7)11-2/h3-5H,2H3. The summed E-state index contributed by atoms with van der Waals surface area (Å²) in [5.41, 5.74) is 0.201. The number of halogens is 1. The van der Waals surface area contributed by atoms with Crippen LogP contribution in [0.4, 0.5) is 10.1 Å². The van der Waals surface area contributed by atoms with Gasteiger partial charge >= 0.3 is 0 Å². The van der Waals surface area contributed by atoms with E-state index < -0.39 is 5.82 Å². The number of hydrogen-bond acceptors (Lipinski definition) is 1. The Morgan fingerprint density at radius 3 is 2.73 bits per heavy atom. The van der Waals surface area contributed by atoms with Crippen molar-refractivity contribution in [1.82, 2.24) is 0 Å². The topological polar surface area (TPSA) is 13.6 Å². The summed E-state index contributed by atoms with van der Waals surface area (Å²) in [5, 5.41) is 0. The molecule has 0 heterocycles. The Bertz CT molecular complexity index is 303. The zero-order chi connectivity index (χ0) is 8.27. The van der Waals surface area contributed by atoms with Crippen LogP contribution in [0, 0.1) is 12.4 Å². The van der Waals surface area contributed by atoms with Gasteiger partial charge in [0.2, 0.25) is 5.69 Å². The van der Waals surface area contributed by atoms with Gasteiger partial charge < -0.3 is 4.74 Å². The van der Waals surface area contributed by atoms with Crippen molar-refractivity contribution < 1.29 is 9.13 Å². The van der Waals surface area contributed by atoms with Gasteiger partial charge in [-0.2, -0.15) is 0 Å². The van der Waals surface area contributed by atoms with E-state index in [1.165, 1.54) is 25.3 Å². The maximum Gasteiger partial charge on any atom is 0.231 e. The SMILES string of the molecule is [C-]#[N+]c1cccc(F)c1OC. The molecule has 0 unspecified atom stereocenters. The molecule has 3 heteroatoms. The van der Waals surface area contributed by atoms with Crippen LogP contribution in [0.5, 0.6) is 5.75 Å². The van der Waals surface area contributed by atoms with Crippen LogP contribution in [0.25, 0.3) is 4.85 Å². The van der Waals surface area contributed by atoms with Gasteiger partial charge in [0.15, 0.2) is 11.6 Å². The van der Waals surface area contributed by atoms with E-state index in [1.54, 1.807) is 0 Å². The van der Waals surface area contributed by atoms with Gasteiger partial charge in [0.05, 0.1) is 13.7 Å². The van der Waals surface area contributed by atoms with Gasteiger partial charge in [0.25, 0.3) is 0 Å². The van der Waals surface area contributed by atoms with Crippen molar-refractivity contribution in [3.63, 3.8) is 0 Å². The molecule has 1 rings (SSSR count). The Morgan fingerprint density at radius 2 is 2.27 bits per heavy atom. The smallest absolute Gasteiger partial charge is 0.231 e. The molecule has 0 aliphatic carbocycles. The minimum absolute atomic E-state index is 0.0162. The maximum atomic E-state index is 12.8. The first-order valence-electron chi connectivity index (χ1n) is 2.99. The zero-order valence-electron chi connectivity index (χ0n) is 5.97. The highest BCUT2D eigenvalue weighted by Crippen LogP contribution is 2.29. The van der Waals surface area contributed by atoms with E-state index in [-0.39, 0.29) is 11.4 Å². The first-order valence-corrected chi connectivity index (χ1v) is 2.99. The number of benzene rings is 1. The number of ether oxygens (including phenoxy) is 1. The fourth-order valence-electron chi connectivity index (χ4n) is 0.788. The second kappa shape index (κ2) is 3.02. The molecule has 0 spiro atoms. The van der Waals surface area contributed by atoms with Crippen molar-refractivity contribution in [3.05, 3.63) is 35.4 Å². The lowest BCUT2D eigenvalue weighted by molar-refractivity contribution is 0.389.